The van der Waals surface area contributed by atoms with Crippen molar-refractivity contribution in [3.8, 4) is 0 Å². The molecule has 31 heavy (non-hydrogen) atoms. The Morgan fingerprint density at radius 2 is 1.35 bits per heavy atom. The Kier molecular flexibility index (Phi) is 6.62. The number of hydrogen-bond donors (Lipinski definition) is 1. The van der Waals surface area contributed by atoms with Crippen LogP contribution in [0.3, 0.4) is 0 Å². The van der Waals surface area contributed by atoms with E-state index in [9.17, 15) is 9.59 Å². The van der Waals surface area contributed by atoms with E-state index >= 15 is 0 Å². The minimum absolute atomic E-state index is 0.0868. The normalized spacial score (nSPS) is 13.6. The smallest absolute Gasteiger partial charge is 0.325 e. The highest BCUT2D eigenvalue weighted by Gasteiger charge is 2.30. The third-order valence-electron chi connectivity index (χ3n) is 5.66. The van der Waals surface area contributed by atoms with Crippen LogP contribution < -0.4 is 10.2 Å². The fraction of sp³-hybridized carbons (Fsp3) is 0.231. The van der Waals surface area contributed by atoms with Crippen LogP contribution in [0.1, 0.15) is 23.5 Å². The van der Waals surface area contributed by atoms with Crippen molar-refractivity contribution >= 4 is 17.6 Å². The Balaban J connectivity index is 1.31. The zero-order valence-electron chi connectivity index (χ0n) is 17.5. The van der Waals surface area contributed by atoms with Crippen LogP contribution in [0, 0.1) is 0 Å². The number of carbonyl (C=O) groups is 2. The maximum atomic E-state index is 12.7. The number of rotatable bonds is 8. The summed E-state index contributed by atoms with van der Waals surface area (Å²) in [7, 11) is 0. The largest absolute Gasteiger partial charge is 0.355 e. The lowest BCUT2D eigenvalue weighted by molar-refractivity contribution is -0.121. The zero-order valence-corrected chi connectivity index (χ0v) is 17.5. The Labute approximate surface area is 183 Å². The molecule has 1 fully saturated rings. The topological polar surface area (TPSA) is 52.7 Å². The van der Waals surface area contributed by atoms with E-state index in [0.717, 1.165) is 12.1 Å². The SMILES string of the molecule is O=C(CN1CCN(c2ccccc2)C1=O)NCCC(c1ccccc1)c1ccccc1. The molecule has 4 rings (SSSR count). The average molecular weight is 414 g/mol. The standard InChI is InChI=1S/C26H27N3O2/c30-25(20-28-18-19-29(26(28)31)23-14-8-3-9-15-23)27-17-16-24(21-10-4-1-5-11-21)22-12-6-2-7-13-22/h1-15,24H,16-20H2,(H,27,30). The lowest BCUT2D eigenvalue weighted by Gasteiger charge is -2.20. The third kappa shape index (κ3) is 5.12. The minimum atomic E-state index is -0.122. The van der Waals surface area contributed by atoms with Gasteiger partial charge in [0.2, 0.25) is 5.91 Å². The van der Waals surface area contributed by atoms with Crippen molar-refractivity contribution in [2.24, 2.45) is 0 Å². The van der Waals surface area contributed by atoms with Gasteiger partial charge in [-0.2, -0.15) is 0 Å². The molecule has 3 aromatic carbocycles. The average Bonchev–Trinajstić information content (AvgIpc) is 3.18. The molecular weight excluding hydrogens is 386 g/mol. The molecule has 0 radical (unpaired) electrons. The first-order chi connectivity index (χ1) is 15.2. The highest BCUT2D eigenvalue weighted by Crippen LogP contribution is 2.27. The van der Waals surface area contributed by atoms with Gasteiger partial charge in [0, 0.05) is 31.2 Å². The van der Waals surface area contributed by atoms with Gasteiger partial charge >= 0.3 is 6.03 Å². The van der Waals surface area contributed by atoms with Crippen molar-refractivity contribution in [3.05, 3.63) is 102 Å². The lowest BCUT2D eigenvalue weighted by Crippen LogP contribution is -2.40. The van der Waals surface area contributed by atoms with E-state index < -0.39 is 0 Å². The quantitative estimate of drug-likeness (QED) is 0.600. The van der Waals surface area contributed by atoms with Crippen molar-refractivity contribution in [2.75, 3.05) is 31.1 Å². The highest BCUT2D eigenvalue weighted by molar-refractivity contribution is 5.96. The number of para-hydroxylation sites is 1. The summed E-state index contributed by atoms with van der Waals surface area (Å²) in [6.45, 7) is 1.79. The number of nitrogens with zero attached hydrogens (tertiary/aromatic N) is 2. The number of carbonyl (C=O) groups excluding carboxylic acids is 2. The maximum absolute atomic E-state index is 12.7. The number of amides is 3. The number of nitrogens with one attached hydrogen (secondary N) is 1. The molecule has 0 saturated carbocycles. The molecule has 0 aliphatic carbocycles. The summed E-state index contributed by atoms with van der Waals surface area (Å²) in [5, 5.41) is 3.00. The predicted octanol–water partition coefficient (Wildman–Crippen LogP) is 4.27. The molecule has 5 heteroatoms. The predicted molar refractivity (Wildman–Crippen MR) is 123 cm³/mol. The summed E-state index contributed by atoms with van der Waals surface area (Å²) < 4.78 is 0. The van der Waals surface area contributed by atoms with E-state index in [2.05, 4.69) is 29.6 Å². The molecule has 3 aromatic rings. The van der Waals surface area contributed by atoms with Gasteiger partial charge in [0.25, 0.3) is 0 Å². The van der Waals surface area contributed by atoms with Gasteiger partial charge in [-0.3, -0.25) is 9.69 Å². The molecule has 3 amide bonds. The first-order valence-corrected chi connectivity index (χ1v) is 10.7. The fourth-order valence-corrected chi connectivity index (χ4v) is 4.06. The van der Waals surface area contributed by atoms with Crippen molar-refractivity contribution in [3.63, 3.8) is 0 Å². The summed E-state index contributed by atoms with van der Waals surface area (Å²) in [6.07, 6.45) is 0.795. The van der Waals surface area contributed by atoms with Crippen molar-refractivity contribution in [2.45, 2.75) is 12.3 Å². The number of benzene rings is 3. The Hall–Kier alpha value is -3.60. The van der Waals surface area contributed by atoms with E-state index in [-0.39, 0.29) is 24.4 Å². The van der Waals surface area contributed by atoms with E-state index in [4.69, 9.17) is 0 Å². The maximum Gasteiger partial charge on any atom is 0.325 e. The van der Waals surface area contributed by atoms with Gasteiger partial charge in [0.15, 0.2) is 0 Å². The van der Waals surface area contributed by atoms with Crippen molar-refractivity contribution in [1.29, 1.82) is 0 Å². The van der Waals surface area contributed by atoms with Crippen LogP contribution in [0.5, 0.6) is 0 Å². The van der Waals surface area contributed by atoms with E-state index in [1.54, 1.807) is 9.80 Å². The minimum Gasteiger partial charge on any atom is -0.355 e. The monoisotopic (exact) mass is 413 g/mol. The summed E-state index contributed by atoms with van der Waals surface area (Å²) in [5.41, 5.74) is 3.33. The van der Waals surface area contributed by atoms with E-state index in [0.29, 0.717) is 19.6 Å². The lowest BCUT2D eigenvalue weighted by atomic mass is 9.88. The molecule has 0 spiro atoms. The van der Waals surface area contributed by atoms with Crippen molar-refractivity contribution < 1.29 is 9.59 Å². The Bertz CT molecular complexity index is 953. The first-order valence-electron chi connectivity index (χ1n) is 10.7. The summed E-state index contributed by atoms with van der Waals surface area (Å²) in [4.78, 5) is 28.5. The fourth-order valence-electron chi connectivity index (χ4n) is 4.06. The molecule has 0 aromatic heterocycles. The van der Waals surface area contributed by atoms with E-state index in [1.165, 1.54) is 11.1 Å². The van der Waals surface area contributed by atoms with Gasteiger partial charge in [-0.15, -0.1) is 0 Å². The molecule has 0 atom stereocenters. The number of hydrogen-bond acceptors (Lipinski definition) is 2. The van der Waals surface area contributed by atoms with Crippen LogP contribution in [-0.4, -0.2) is 43.0 Å². The highest BCUT2D eigenvalue weighted by atomic mass is 16.2. The van der Waals surface area contributed by atoms with Gasteiger partial charge < -0.3 is 10.2 Å². The van der Waals surface area contributed by atoms with Gasteiger partial charge in [-0.25, -0.2) is 4.79 Å². The summed E-state index contributed by atoms with van der Waals surface area (Å²) >= 11 is 0. The molecule has 1 saturated heterocycles. The second-order valence-electron chi connectivity index (χ2n) is 7.70. The molecule has 1 N–H and O–H groups in total. The van der Waals surface area contributed by atoms with Crippen LogP contribution in [0.25, 0.3) is 0 Å². The molecule has 0 unspecified atom stereocenters. The van der Waals surface area contributed by atoms with Crippen LogP contribution in [0.2, 0.25) is 0 Å². The first kappa shape index (κ1) is 20.7. The molecule has 5 nitrogen and oxygen atoms in total. The van der Waals surface area contributed by atoms with Crippen LogP contribution in [0.4, 0.5) is 10.5 Å². The van der Waals surface area contributed by atoms with Crippen LogP contribution >= 0.6 is 0 Å². The number of anilines is 1. The number of urea groups is 1. The van der Waals surface area contributed by atoms with Crippen molar-refractivity contribution in [1.82, 2.24) is 10.2 Å². The summed E-state index contributed by atoms with van der Waals surface area (Å²) in [6, 6.07) is 30.2. The van der Waals surface area contributed by atoms with Crippen LogP contribution in [0.15, 0.2) is 91.0 Å². The molecule has 1 heterocycles. The van der Waals surface area contributed by atoms with Gasteiger partial charge in [-0.05, 0) is 29.7 Å². The van der Waals surface area contributed by atoms with Gasteiger partial charge in [0.05, 0.1) is 0 Å². The Morgan fingerprint density at radius 3 is 1.94 bits per heavy atom. The molecular formula is C26H27N3O2. The van der Waals surface area contributed by atoms with Gasteiger partial charge in [-0.1, -0.05) is 78.9 Å². The van der Waals surface area contributed by atoms with E-state index in [1.807, 2.05) is 66.7 Å². The second kappa shape index (κ2) is 9.94. The Morgan fingerprint density at radius 1 is 0.806 bits per heavy atom. The van der Waals surface area contributed by atoms with Gasteiger partial charge in [0.1, 0.15) is 6.54 Å². The molecule has 0 bridgehead atoms. The molecule has 158 valence electrons. The zero-order chi connectivity index (χ0) is 21.5. The second-order valence-corrected chi connectivity index (χ2v) is 7.70. The summed E-state index contributed by atoms with van der Waals surface area (Å²) in [5.74, 6) is 0.0906. The third-order valence-corrected chi connectivity index (χ3v) is 5.66. The van der Waals surface area contributed by atoms with Crippen LogP contribution in [-0.2, 0) is 4.79 Å². The molecule has 1 aliphatic heterocycles. The molecule has 1 aliphatic rings.